The lowest BCUT2D eigenvalue weighted by Crippen LogP contribution is -2.35. The van der Waals surface area contributed by atoms with Gasteiger partial charge in [0.05, 0.1) is 11.9 Å². The van der Waals surface area contributed by atoms with Crippen LogP contribution in [0.1, 0.15) is 35.7 Å². The van der Waals surface area contributed by atoms with Crippen LogP contribution in [0.25, 0.3) is 0 Å². The number of sulfonamides is 1. The van der Waals surface area contributed by atoms with Crippen molar-refractivity contribution in [1.29, 1.82) is 0 Å². The van der Waals surface area contributed by atoms with E-state index in [-0.39, 0.29) is 11.9 Å². The van der Waals surface area contributed by atoms with Crippen molar-refractivity contribution in [2.24, 2.45) is 5.73 Å². The van der Waals surface area contributed by atoms with Crippen LogP contribution in [0.15, 0.2) is 18.2 Å². The van der Waals surface area contributed by atoms with E-state index in [0.29, 0.717) is 24.3 Å². The third-order valence-electron chi connectivity index (χ3n) is 3.70. The molecule has 6 nitrogen and oxygen atoms in total. The zero-order valence-electron chi connectivity index (χ0n) is 13.0. The first kappa shape index (κ1) is 16.8. The molecule has 1 heterocycles. The molecule has 1 atom stereocenters. The topological polar surface area (TPSA) is 92.5 Å². The van der Waals surface area contributed by atoms with E-state index in [1.165, 1.54) is 10.6 Å². The molecule has 1 unspecified atom stereocenters. The Kier molecular flexibility index (Phi) is 5.08. The molecule has 1 aromatic carbocycles. The van der Waals surface area contributed by atoms with Crippen LogP contribution in [-0.4, -0.2) is 39.7 Å². The summed E-state index contributed by atoms with van der Waals surface area (Å²) < 4.78 is 25.0. The molecule has 2 rings (SSSR count). The number of aryl methyl sites for hydroxylation is 1. The molecule has 0 saturated heterocycles. The lowest BCUT2D eigenvalue weighted by atomic mass is 10.0. The van der Waals surface area contributed by atoms with Crippen molar-refractivity contribution in [3.63, 3.8) is 0 Å². The number of fused-ring (bicyclic) bond motifs is 1. The van der Waals surface area contributed by atoms with Gasteiger partial charge in [0.15, 0.2) is 0 Å². The molecule has 1 aromatic rings. The second-order valence-electron chi connectivity index (χ2n) is 5.80. The lowest BCUT2D eigenvalue weighted by Gasteiger charge is -2.29. The summed E-state index contributed by atoms with van der Waals surface area (Å²) >= 11 is 0. The Hall–Kier alpha value is -1.60. The van der Waals surface area contributed by atoms with Crippen LogP contribution in [0.2, 0.25) is 0 Å². The molecule has 0 saturated carbocycles. The summed E-state index contributed by atoms with van der Waals surface area (Å²) in [4.78, 5) is 12.1. The Morgan fingerprint density at radius 3 is 2.82 bits per heavy atom. The van der Waals surface area contributed by atoms with Crippen LogP contribution in [0.4, 0.5) is 5.69 Å². The molecule has 122 valence electrons. The van der Waals surface area contributed by atoms with Crippen molar-refractivity contribution in [3.8, 4) is 0 Å². The summed E-state index contributed by atoms with van der Waals surface area (Å²) in [6.45, 7) is 2.92. The van der Waals surface area contributed by atoms with Gasteiger partial charge in [0, 0.05) is 24.7 Å². The van der Waals surface area contributed by atoms with Gasteiger partial charge in [0.25, 0.3) is 5.91 Å². The number of benzene rings is 1. The maximum absolute atomic E-state index is 12.1. The molecule has 0 fully saturated rings. The Morgan fingerprint density at radius 1 is 1.45 bits per heavy atom. The summed E-state index contributed by atoms with van der Waals surface area (Å²) in [5, 5.41) is 2.83. The van der Waals surface area contributed by atoms with E-state index in [1.807, 2.05) is 6.92 Å². The highest BCUT2D eigenvalue weighted by Gasteiger charge is 2.24. The fourth-order valence-electron chi connectivity index (χ4n) is 2.56. The Morgan fingerprint density at radius 2 is 2.18 bits per heavy atom. The van der Waals surface area contributed by atoms with Crippen LogP contribution >= 0.6 is 0 Å². The number of anilines is 1. The van der Waals surface area contributed by atoms with Gasteiger partial charge in [-0.15, -0.1) is 0 Å². The number of carbonyl (C=O) groups is 1. The van der Waals surface area contributed by atoms with E-state index in [4.69, 9.17) is 5.73 Å². The number of carbonyl (C=O) groups excluding carboxylic acids is 1. The van der Waals surface area contributed by atoms with Gasteiger partial charge in [0.2, 0.25) is 10.0 Å². The highest BCUT2D eigenvalue weighted by atomic mass is 32.2. The number of amides is 1. The normalized spacial score (nSPS) is 16.0. The van der Waals surface area contributed by atoms with Crippen molar-refractivity contribution in [2.75, 3.05) is 23.7 Å². The van der Waals surface area contributed by atoms with Crippen LogP contribution in [-0.2, 0) is 16.4 Å². The lowest BCUT2D eigenvalue weighted by molar-refractivity contribution is 0.0952. The van der Waals surface area contributed by atoms with E-state index >= 15 is 0 Å². The molecule has 0 aliphatic carbocycles. The van der Waals surface area contributed by atoms with Gasteiger partial charge in [-0.2, -0.15) is 0 Å². The predicted octanol–water partition coefficient (Wildman–Crippen LogP) is 0.866. The number of nitrogens with zero attached hydrogens (tertiary/aromatic N) is 1. The zero-order chi connectivity index (χ0) is 16.3. The van der Waals surface area contributed by atoms with Gasteiger partial charge in [-0.25, -0.2) is 8.42 Å². The summed E-state index contributed by atoms with van der Waals surface area (Å²) in [5.74, 6) is -0.153. The third kappa shape index (κ3) is 3.98. The van der Waals surface area contributed by atoms with Crippen LogP contribution in [0.5, 0.6) is 0 Å². The smallest absolute Gasteiger partial charge is 0.251 e. The Labute approximate surface area is 131 Å². The van der Waals surface area contributed by atoms with Gasteiger partial charge in [-0.05, 0) is 49.9 Å². The highest BCUT2D eigenvalue weighted by Crippen LogP contribution is 2.29. The molecule has 0 bridgehead atoms. The van der Waals surface area contributed by atoms with Crippen molar-refractivity contribution in [3.05, 3.63) is 29.3 Å². The Balaban J connectivity index is 2.16. The number of hydrogen-bond acceptors (Lipinski definition) is 4. The first-order chi connectivity index (χ1) is 10.3. The average molecular weight is 325 g/mol. The minimum absolute atomic E-state index is 0.0483. The van der Waals surface area contributed by atoms with Crippen LogP contribution in [0.3, 0.4) is 0 Å². The monoisotopic (exact) mass is 325 g/mol. The summed E-state index contributed by atoms with van der Waals surface area (Å²) in [6.07, 6.45) is 3.47. The summed E-state index contributed by atoms with van der Waals surface area (Å²) in [6, 6.07) is 5.22. The SMILES string of the molecule is CC(N)CCNC(=O)c1ccc2c(c1)CCCN2S(C)(=O)=O. The molecule has 0 aromatic heterocycles. The number of nitrogens with one attached hydrogen (secondary N) is 1. The van der Waals surface area contributed by atoms with Gasteiger partial charge >= 0.3 is 0 Å². The molecule has 0 radical (unpaired) electrons. The van der Waals surface area contributed by atoms with E-state index < -0.39 is 10.0 Å². The molecule has 3 N–H and O–H groups in total. The van der Waals surface area contributed by atoms with Crippen molar-refractivity contribution in [1.82, 2.24) is 5.32 Å². The molecular formula is C15H23N3O3S. The summed E-state index contributed by atoms with van der Waals surface area (Å²) in [7, 11) is -3.28. The van der Waals surface area contributed by atoms with E-state index in [0.717, 1.165) is 24.8 Å². The number of hydrogen-bond donors (Lipinski definition) is 2. The van der Waals surface area contributed by atoms with Gasteiger partial charge in [0.1, 0.15) is 0 Å². The van der Waals surface area contributed by atoms with Gasteiger partial charge < -0.3 is 11.1 Å². The van der Waals surface area contributed by atoms with E-state index in [9.17, 15) is 13.2 Å². The molecule has 1 aliphatic heterocycles. The molecular weight excluding hydrogens is 302 g/mol. The van der Waals surface area contributed by atoms with Crippen molar-refractivity contribution >= 4 is 21.6 Å². The minimum Gasteiger partial charge on any atom is -0.352 e. The molecule has 22 heavy (non-hydrogen) atoms. The predicted molar refractivity (Wildman–Crippen MR) is 87.6 cm³/mol. The second kappa shape index (κ2) is 6.66. The fraction of sp³-hybridized carbons (Fsp3) is 0.533. The molecule has 1 aliphatic rings. The largest absolute Gasteiger partial charge is 0.352 e. The molecule has 0 spiro atoms. The zero-order valence-corrected chi connectivity index (χ0v) is 13.8. The average Bonchev–Trinajstić information content (AvgIpc) is 2.44. The van der Waals surface area contributed by atoms with Crippen LogP contribution in [0, 0.1) is 0 Å². The van der Waals surface area contributed by atoms with Gasteiger partial charge in [-0.1, -0.05) is 0 Å². The fourth-order valence-corrected chi connectivity index (χ4v) is 3.56. The van der Waals surface area contributed by atoms with E-state index in [2.05, 4.69) is 5.32 Å². The quantitative estimate of drug-likeness (QED) is 0.840. The van der Waals surface area contributed by atoms with Crippen molar-refractivity contribution < 1.29 is 13.2 Å². The first-order valence-electron chi connectivity index (χ1n) is 7.43. The van der Waals surface area contributed by atoms with E-state index in [1.54, 1.807) is 18.2 Å². The van der Waals surface area contributed by atoms with Gasteiger partial charge in [-0.3, -0.25) is 9.10 Å². The molecule has 1 amide bonds. The molecule has 7 heteroatoms. The first-order valence-corrected chi connectivity index (χ1v) is 9.28. The minimum atomic E-state index is -3.28. The maximum atomic E-state index is 12.1. The summed E-state index contributed by atoms with van der Waals surface area (Å²) in [5.41, 5.74) is 7.79. The Bertz CT molecular complexity index is 656. The second-order valence-corrected chi connectivity index (χ2v) is 7.71. The number of rotatable bonds is 5. The van der Waals surface area contributed by atoms with Crippen molar-refractivity contribution in [2.45, 2.75) is 32.2 Å². The number of nitrogens with two attached hydrogens (primary N) is 1. The maximum Gasteiger partial charge on any atom is 0.251 e. The standard InChI is InChI=1S/C15H23N3O3S/c1-11(16)7-8-17-15(19)13-5-6-14-12(10-13)4-3-9-18(14)22(2,20)21/h5-6,10-11H,3-4,7-9,16H2,1-2H3,(H,17,19). The highest BCUT2D eigenvalue weighted by molar-refractivity contribution is 7.92. The third-order valence-corrected chi connectivity index (χ3v) is 4.88. The van der Waals surface area contributed by atoms with Crippen LogP contribution < -0.4 is 15.4 Å².